The van der Waals surface area contributed by atoms with Crippen molar-refractivity contribution in [3.8, 4) is 0 Å². The molecule has 1 atom stereocenters. The lowest BCUT2D eigenvalue weighted by Crippen LogP contribution is -2.51. The second-order valence-corrected chi connectivity index (χ2v) is 3.31. The molecule has 0 aliphatic rings. The maximum absolute atomic E-state index is 12.0. The number of alkyl halides is 3. The molecule has 0 aliphatic carbocycles. The third-order valence-corrected chi connectivity index (χ3v) is 1.47. The van der Waals surface area contributed by atoms with Crippen molar-refractivity contribution < 1.29 is 18.3 Å². The number of aliphatic hydroxyl groups is 1. The lowest BCUT2D eigenvalue weighted by Gasteiger charge is -2.27. The molecule has 12 heavy (non-hydrogen) atoms. The lowest BCUT2D eigenvalue weighted by atomic mass is 10.1. The molecule has 0 saturated heterocycles. The molecule has 0 aromatic rings. The summed E-state index contributed by atoms with van der Waals surface area (Å²) in [7, 11) is 0. The van der Waals surface area contributed by atoms with Gasteiger partial charge in [0.2, 0.25) is 0 Å². The summed E-state index contributed by atoms with van der Waals surface area (Å²) in [6.07, 6.45) is -4.57. The van der Waals surface area contributed by atoms with Crippen LogP contribution in [-0.4, -0.2) is 29.5 Å². The topological polar surface area (TPSA) is 32.3 Å². The molecule has 0 bridgehead atoms. The number of halogens is 3. The van der Waals surface area contributed by atoms with Crippen molar-refractivity contribution >= 4 is 0 Å². The quantitative estimate of drug-likeness (QED) is 0.694. The summed E-state index contributed by atoms with van der Waals surface area (Å²) < 4.78 is 36.0. The van der Waals surface area contributed by atoms with Crippen LogP contribution < -0.4 is 5.32 Å². The van der Waals surface area contributed by atoms with E-state index < -0.39 is 18.3 Å². The molecule has 2 nitrogen and oxygen atoms in total. The van der Waals surface area contributed by atoms with Crippen LogP contribution in [0.1, 0.15) is 20.8 Å². The maximum Gasteiger partial charge on any atom is 0.418 e. The Kier molecular flexibility index (Phi) is 3.53. The molecule has 0 rings (SSSR count). The van der Waals surface area contributed by atoms with Crippen LogP contribution in [0.3, 0.4) is 0 Å². The smallest absolute Gasteiger partial charge is 0.380 e. The van der Waals surface area contributed by atoms with Crippen LogP contribution in [0.4, 0.5) is 13.2 Å². The highest BCUT2D eigenvalue weighted by Crippen LogP contribution is 2.29. The van der Waals surface area contributed by atoms with Crippen LogP contribution in [-0.2, 0) is 0 Å². The zero-order valence-electron chi connectivity index (χ0n) is 7.37. The van der Waals surface area contributed by atoms with E-state index in [0.717, 1.165) is 6.92 Å². The second-order valence-electron chi connectivity index (χ2n) is 3.31. The molecule has 0 fully saturated rings. The number of rotatable bonds is 3. The minimum atomic E-state index is -4.57. The van der Waals surface area contributed by atoms with E-state index in [0.29, 0.717) is 0 Å². The minimum absolute atomic E-state index is 0.0705. The summed E-state index contributed by atoms with van der Waals surface area (Å²) in [5, 5.41) is 11.4. The highest BCUT2D eigenvalue weighted by Gasteiger charge is 2.49. The molecule has 5 heteroatoms. The number of nitrogens with one attached hydrogen (secondary N) is 1. The summed E-state index contributed by atoms with van der Waals surface area (Å²) in [6, 6.07) is -0.0705. The standard InChI is InChI=1S/C7H14F3NO/c1-5(2)11-4-6(3,12)7(8,9)10/h5,11-12H,4H2,1-3H3. The monoisotopic (exact) mass is 185 g/mol. The molecule has 0 aliphatic heterocycles. The lowest BCUT2D eigenvalue weighted by molar-refractivity contribution is -0.250. The number of hydrogen-bond acceptors (Lipinski definition) is 2. The normalized spacial score (nSPS) is 18.0. The van der Waals surface area contributed by atoms with Gasteiger partial charge >= 0.3 is 6.18 Å². The van der Waals surface area contributed by atoms with Crippen LogP contribution in [0.5, 0.6) is 0 Å². The molecule has 0 aromatic heterocycles. The van der Waals surface area contributed by atoms with Gasteiger partial charge in [0, 0.05) is 12.6 Å². The van der Waals surface area contributed by atoms with Gasteiger partial charge < -0.3 is 10.4 Å². The number of hydrogen-bond donors (Lipinski definition) is 2. The second kappa shape index (κ2) is 3.62. The molecular formula is C7H14F3NO. The Morgan fingerprint density at radius 3 is 2.00 bits per heavy atom. The SMILES string of the molecule is CC(C)NCC(C)(O)C(F)(F)F. The van der Waals surface area contributed by atoms with Gasteiger partial charge in [-0.1, -0.05) is 13.8 Å². The molecule has 0 amide bonds. The summed E-state index contributed by atoms with van der Waals surface area (Å²) in [5.74, 6) is 0. The molecule has 0 saturated carbocycles. The van der Waals surface area contributed by atoms with Crippen molar-refractivity contribution in [1.29, 1.82) is 0 Å². The highest BCUT2D eigenvalue weighted by atomic mass is 19.4. The van der Waals surface area contributed by atoms with Gasteiger partial charge in [-0.25, -0.2) is 0 Å². The summed E-state index contributed by atoms with van der Waals surface area (Å²) in [5.41, 5.74) is -2.64. The molecule has 1 unspecified atom stereocenters. The fourth-order valence-corrected chi connectivity index (χ4v) is 0.503. The van der Waals surface area contributed by atoms with E-state index in [4.69, 9.17) is 5.11 Å². The van der Waals surface area contributed by atoms with Gasteiger partial charge in [-0.3, -0.25) is 0 Å². The third kappa shape index (κ3) is 3.40. The van der Waals surface area contributed by atoms with Gasteiger partial charge in [0.05, 0.1) is 0 Å². The van der Waals surface area contributed by atoms with E-state index in [1.165, 1.54) is 0 Å². The van der Waals surface area contributed by atoms with Crippen LogP contribution in [0.25, 0.3) is 0 Å². The fraction of sp³-hybridized carbons (Fsp3) is 1.00. The van der Waals surface area contributed by atoms with E-state index in [-0.39, 0.29) is 6.04 Å². The van der Waals surface area contributed by atoms with Gasteiger partial charge in [-0.05, 0) is 6.92 Å². The van der Waals surface area contributed by atoms with Gasteiger partial charge in [0.15, 0.2) is 5.60 Å². The Labute approximate surface area is 69.8 Å². The van der Waals surface area contributed by atoms with Gasteiger partial charge in [-0.2, -0.15) is 13.2 Å². The maximum atomic E-state index is 12.0. The molecule has 0 heterocycles. The van der Waals surface area contributed by atoms with E-state index in [1.807, 2.05) is 0 Å². The Morgan fingerprint density at radius 2 is 1.75 bits per heavy atom. The Balaban J connectivity index is 4.05. The van der Waals surface area contributed by atoms with Crippen molar-refractivity contribution in [2.24, 2.45) is 0 Å². The van der Waals surface area contributed by atoms with E-state index in [2.05, 4.69) is 5.32 Å². The predicted octanol–water partition coefficient (Wildman–Crippen LogP) is 1.30. The largest absolute Gasteiger partial charge is 0.418 e. The first-order chi connectivity index (χ1) is 5.17. The molecule has 0 aromatic carbocycles. The Hall–Kier alpha value is -0.290. The average molecular weight is 185 g/mol. The van der Waals surface area contributed by atoms with E-state index >= 15 is 0 Å². The van der Waals surface area contributed by atoms with Crippen molar-refractivity contribution in [3.05, 3.63) is 0 Å². The third-order valence-electron chi connectivity index (χ3n) is 1.47. The minimum Gasteiger partial charge on any atom is -0.380 e. The molecule has 2 N–H and O–H groups in total. The first kappa shape index (κ1) is 11.7. The Morgan fingerprint density at radius 1 is 1.33 bits per heavy atom. The summed E-state index contributed by atoms with van der Waals surface area (Å²) in [6.45, 7) is 3.70. The van der Waals surface area contributed by atoms with Crippen molar-refractivity contribution in [1.82, 2.24) is 5.32 Å². The van der Waals surface area contributed by atoms with Crippen molar-refractivity contribution in [2.45, 2.75) is 38.6 Å². The van der Waals surface area contributed by atoms with E-state index in [1.54, 1.807) is 13.8 Å². The van der Waals surface area contributed by atoms with Crippen molar-refractivity contribution in [3.63, 3.8) is 0 Å². The predicted molar refractivity (Wildman–Crippen MR) is 39.8 cm³/mol. The zero-order chi connectivity index (χ0) is 9.99. The molecule has 0 spiro atoms. The van der Waals surface area contributed by atoms with Gasteiger partial charge in [0.1, 0.15) is 0 Å². The first-order valence-electron chi connectivity index (χ1n) is 3.69. The summed E-state index contributed by atoms with van der Waals surface area (Å²) in [4.78, 5) is 0. The summed E-state index contributed by atoms with van der Waals surface area (Å²) >= 11 is 0. The molecular weight excluding hydrogens is 171 g/mol. The van der Waals surface area contributed by atoms with Crippen molar-refractivity contribution in [2.75, 3.05) is 6.54 Å². The highest BCUT2D eigenvalue weighted by molar-refractivity contribution is 4.84. The molecule has 74 valence electrons. The fourth-order valence-electron chi connectivity index (χ4n) is 0.503. The van der Waals surface area contributed by atoms with Crippen LogP contribution in [0, 0.1) is 0 Å². The molecule has 0 radical (unpaired) electrons. The zero-order valence-corrected chi connectivity index (χ0v) is 7.37. The van der Waals surface area contributed by atoms with Gasteiger partial charge in [0.25, 0.3) is 0 Å². The van der Waals surface area contributed by atoms with Crippen LogP contribution in [0.15, 0.2) is 0 Å². The van der Waals surface area contributed by atoms with Gasteiger partial charge in [-0.15, -0.1) is 0 Å². The first-order valence-corrected chi connectivity index (χ1v) is 3.69. The van der Waals surface area contributed by atoms with Crippen LogP contribution in [0.2, 0.25) is 0 Å². The Bertz CT molecular complexity index is 142. The average Bonchev–Trinajstić information content (AvgIpc) is 1.81. The van der Waals surface area contributed by atoms with Crippen LogP contribution >= 0.6 is 0 Å². The van der Waals surface area contributed by atoms with E-state index in [9.17, 15) is 13.2 Å².